The third-order valence-electron chi connectivity index (χ3n) is 4.58. The van der Waals surface area contributed by atoms with Gasteiger partial charge in [-0.2, -0.15) is 0 Å². The maximum Gasteiger partial charge on any atom is 0.251 e. The van der Waals surface area contributed by atoms with Crippen LogP contribution in [-0.4, -0.2) is 10.9 Å². The Hall–Kier alpha value is -3.34. The van der Waals surface area contributed by atoms with E-state index in [1.165, 1.54) is 0 Å². The van der Waals surface area contributed by atoms with Gasteiger partial charge in [0.1, 0.15) is 18.2 Å². The van der Waals surface area contributed by atoms with Crippen molar-refractivity contribution in [3.8, 4) is 16.9 Å². The summed E-state index contributed by atoms with van der Waals surface area (Å²) in [6, 6.07) is 17.3. The molecule has 3 N–H and O–H groups in total. The van der Waals surface area contributed by atoms with E-state index in [1.807, 2.05) is 69.3 Å². The molecule has 1 atom stereocenters. The van der Waals surface area contributed by atoms with Gasteiger partial charge in [-0.15, -0.1) is 0 Å². The molecule has 4 rings (SSSR count). The number of rotatable bonds is 3. The minimum absolute atomic E-state index is 0.0671. The average molecular weight is 375 g/mol. The quantitative estimate of drug-likeness (QED) is 0.693. The van der Waals surface area contributed by atoms with Crippen molar-refractivity contribution in [3.05, 3.63) is 77.5 Å². The Labute approximate surface area is 165 Å². The summed E-state index contributed by atoms with van der Waals surface area (Å²) in [6.07, 6.45) is 1.63. The van der Waals surface area contributed by atoms with Crippen molar-refractivity contribution in [3.63, 3.8) is 0 Å². The summed E-state index contributed by atoms with van der Waals surface area (Å²) < 4.78 is 5.74. The first-order valence-corrected chi connectivity index (χ1v) is 9.49. The van der Waals surface area contributed by atoms with Gasteiger partial charge in [-0.1, -0.05) is 50.2 Å². The van der Waals surface area contributed by atoms with Crippen LogP contribution in [0.15, 0.2) is 60.8 Å². The maximum atomic E-state index is 12.6. The largest absolute Gasteiger partial charge is 0.487 e. The smallest absolute Gasteiger partial charge is 0.251 e. The molecule has 144 valence electrons. The number of carbonyl (C=O) groups excluding carboxylic acids is 1. The number of fused-ring (bicyclic) bond motifs is 3. The highest BCUT2D eigenvalue weighted by Crippen LogP contribution is 2.38. The van der Waals surface area contributed by atoms with Gasteiger partial charge in [-0.05, 0) is 41.8 Å². The Balaban J connectivity index is 0.00000109. The third-order valence-corrected chi connectivity index (χ3v) is 4.58. The molecule has 0 aliphatic carbocycles. The zero-order valence-electron chi connectivity index (χ0n) is 16.4. The van der Waals surface area contributed by atoms with Crippen molar-refractivity contribution in [1.82, 2.24) is 10.3 Å². The molecule has 1 aromatic heterocycles. The van der Waals surface area contributed by atoms with Crippen LogP contribution in [0.4, 0.5) is 5.82 Å². The molecule has 1 aliphatic heterocycles. The molecular formula is C23H25N3O2. The SMILES string of the molecule is CC.CC(NC(=O)c1ccc2c(c1)COc1cnc(N)cc1-2)c1ccccc1. The molecular weight excluding hydrogens is 350 g/mol. The molecule has 0 fully saturated rings. The second kappa shape index (κ2) is 8.57. The molecule has 0 radical (unpaired) electrons. The van der Waals surface area contributed by atoms with Gasteiger partial charge in [-0.25, -0.2) is 4.98 Å². The number of benzene rings is 2. The highest BCUT2D eigenvalue weighted by atomic mass is 16.5. The summed E-state index contributed by atoms with van der Waals surface area (Å²) in [5.74, 6) is 1.05. The summed E-state index contributed by atoms with van der Waals surface area (Å²) >= 11 is 0. The maximum absolute atomic E-state index is 12.6. The molecule has 0 saturated carbocycles. The summed E-state index contributed by atoms with van der Waals surface area (Å²) in [5.41, 5.74) is 10.4. The van der Waals surface area contributed by atoms with E-state index >= 15 is 0 Å². The number of pyridine rings is 1. The Bertz CT molecular complexity index is 971. The highest BCUT2D eigenvalue weighted by Gasteiger charge is 2.20. The minimum Gasteiger partial charge on any atom is -0.487 e. The van der Waals surface area contributed by atoms with E-state index in [-0.39, 0.29) is 11.9 Å². The third kappa shape index (κ3) is 3.98. The molecule has 0 saturated heterocycles. The monoisotopic (exact) mass is 375 g/mol. The summed E-state index contributed by atoms with van der Waals surface area (Å²) in [7, 11) is 0. The lowest BCUT2D eigenvalue weighted by Crippen LogP contribution is -2.26. The minimum atomic E-state index is -0.107. The summed E-state index contributed by atoms with van der Waals surface area (Å²) in [4.78, 5) is 16.7. The van der Waals surface area contributed by atoms with Crippen LogP contribution in [-0.2, 0) is 6.61 Å². The summed E-state index contributed by atoms with van der Waals surface area (Å²) in [6.45, 7) is 6.38. The van der Waals surface area contributed by atoms with E-state index in [9.17, 15) is 4.79 Å². The van der Waals surface area contributed by atoms with E-state index in [1.54, 1.807) is 12.3 Å². The van der Waals surface area contributed by atoms with Gasteiger partial charge in [-0.3, -0.25) is 4.79 Å². The lowest BCUT2D eigenvalue weighted by Gasteiger charge is -2.21. The number of amides is 1. The number of nitrogen functional groups attached to an aromatic ring is 1. The molecule has 3 aromatic rings. The molecule has 0 bridgehead atoms. The van der Waals surface area contributed by atoms with E-state index < -0.39 is 0 Å². The number of carbonyl (C=O) groups is 1. The lowest BCUT2D eigenvalue weighted by molar-refractivity contribution is 0.0939. The Morgan fingerprint density at radius 1 is 1.11 bits per heavy atom. The molecule has 1 amide bonds. The van der Waals surface area contributed by atoms with Gasteiger partial charge in [0.2, 0.25) is 0 Å². The number of nitrogens with one attached hydrogen (secondary N) is 1. The van der Waals surface area contributed by atoms with Crippen molar-refractivity contribution in [2.24, 2.45) is 0 Å². The van der Waals surface area contributed by atoms with Gasteiger partial charge >= 0.3 is 0 Å². The van der Waals surface area contributed by atoms with Gasteiger partial charge in [0.15, 0.2) is 0 Å². The Kier molecular flexibility index (Phi) is 5.94. The second-order valence-corrected chi connectivity index (χ2v) is 6.37. The zero-order valence-corrected chi connectivity index (χ0v) is 16.4. The molecule has 28 heavy (non-hydrogen) atoms. The van der Waals surface area contributed by atoms with Crippen molar-refractivity contribution < 1.29 is 9.53 Å². The second-order valence-electron chi connectivity index (χ2n) is 6.37. The van der Waals surface area contributed by atoms with Crippen LogP contribution >= 0.6 is 0 Å². The van der Waals surface area contributed by atoms with Crippen molar-refractivity contribution in [2.75, 3.05) is 5.73 Å². The van der Waals surface area contributed by atoms with Crippen LogP contribution in [0, 0.1) is 0 Å². The van der Waals surface area contributed by atoms with Gasteiger partial charge in [0.25, 0.3) is 5.91 Å². The predicted octanol–water partition coefficient (Wildman–Crippen LogP) is 4.74. The number of nitrogens with zero attached hydrogens (tertiary/aromatic N) is 1. The molecule has 2 aromatic carbocycles. The van der Waals surface area contributed by atoms with Crippen LogP contribution in [0.3, 0.4) is 0 Å². The first-order valence-electron chi connectivity index (χ1n) is 9.49. The zero-order chi connectivity index (χ0) is 20.1. The first-order chi connectivity index (χ1) is 13.6. The summed E-state index contributed by atoms with van der Waals surface area (Å²) in [5, 5.41) is 3.04. The van der Waals surface area contributed by atoms with Crippen LogP contribution in [0.25, 0.3) is 11.1 Å². The standard InChI is InChI=1S/C21H19N3O2.C2H6/c1-13(14-5-3-2-4-6-14)24-21(25)15-7-8-17-16(9-15)12-26-19-11-23-20(22)10-18(17)19;1-2/h2-11,13H,12H2,1H3,(H2,22,23)(H,24,25);1-2H3. The lowest BCUT2D eigenvalue weighted by atomic mass is 9.95. The fourth-order valence-corrected chi connectivity index (χ4v) is 3.16. The van der Waals surface area contributed by atoms with E-state index in [2.05, 4.69) is 10.3 Å². The fourth-order valence-electron chi connectivity index (χ4n) is 3.16. The Morgan fingerprint density at radius 3 is 2.61 bits per heavy atom. The fraction of sp³-hybridized carbons (Fsp3) is 0.217. The predicted molar refractivity (Wildman–Crippen MR) is 112 cm³/mol. The van der Waals surface area contributed by atoms with E-state index in [0.717, 1.165) is 22.3 Å². The van der Waals surface area contributed by atoms with E-state index in [0.29, 0.717) is 23.7 Å². The number of ether oxygens (including phenoxy) is 1. The Morgan fingerprint density at radius 2 is 1.86 bits per heavy atom. The topological polar surface area (TPSA) is 77.2 Å². The van der Waals surface area contributed by atoms with Gasteiger partial charge in [0, 0.05) is 11.1 Å². The van der Waals surface area contributed by atoms with Crippen LogP contribution in [0.5, 0.6) is 5.75 Å². The molecule has 5 nitrogen and oxygen atoms in total. The molecule has 1 aliphatic rings. The van der Waals surface area contributed by atoms with Gasteiger partial charge < -0.3 is 15.8 Å². The molecule has 2 heterocycles. The van der Waals surface area contributed by atoms with Crippen LogP contribution in [0.2, 0.25) is 0 Å². The molecule has 0 spiro atoms. The molecule has 5 heteroatoms. The van der Waals surface area contributed by atoms with E-state index in [4.69, 9.17) is 10.5 Å². The van der Waals surface area contributed by atoms with Crippen molar-refractivity contribution in [2.45, 2.75) is 33.4 Å². The van der Waals surface area contributed by atoms with Crippen LogP contribution in [0.1, 0.15) is 48.3 Å². The van der Waals surface area contributed by atoms with Gasteiger partial charge in [0.05, 0.1) is 12.2 Å². The highest BCUT2D eigenvalue weighted by molar-refractivity contribution is 5.95. The van der Waals surface area contributed by atoms with Crippen molar-refractivity contribution in [1.29, 1.82) is 0 Å². The number of anilines is 1. The first kappa shape index (κ1) is 19.4. The average Bonchev–Trinajstić information content (AvgIpc) is 2.75. The normalized spacial score (nSPS) is 12.4. The number of nitrogens with two attached hydrogens (primary N) is 1. The number of aromatic nitrogens is 1. The number of hydrogen-bond donors (Lipinski definition) is 2. The molecule has 1 unspecified atom stereocenters. The number of hydrogen-bond acceptors (Lipinski definition) is 4. The van der Waals surface area contributed by atoms with Crippen molar-refractivity contribution >= 4 is 11.7 Å². The van der Waals surface area contributed by atoms with Crippen LogP contribution < -0.4 is 15.8 Å².